The molecule has 96 valence electrons. The summed E-state index contributed by atoms with van der Waals surface area (Å²) in [5, 5.41) is 2.79. The number of aryl methyl sites for hydroxylation is 1. The first-order chi connectivity index (χ1) is 8.50. The molecule has 0 fully saturated rings. The predicted octanol–water partition coefficient (Wildman–Crippen LogP) is 4.74. The molecule has 0 radical (unpaired) electrons. The summed E-state index contributed by atoms with van der Waals surface area (Å²) in [6.45, 7) is 1.93. The van der Waals surface area contributed by atoms with Gasteiger partial charge in [-0.3, -0.25) is 0 Å². The monoisotopic (exact) mass is 303 g/mol. The maximum absolute atomic E-state index is 13.3. The SMILES string of the molecule is Cc1csc(C(N)Cc2cccc(F)c2Cl)c1Cl. The molecule has 1 atom stereocenters. The maximum atomic E-state index is 13.3. The van der Waals surface area contributed by atoms with Crippen molar-refractivity contribution >= 4 is 34.5 Å². The molecular weight excluding hydrogens is 292 g/mol. The van der Waals surface area contributed by atoms with Crippen molar-refractivity contribution < 1.29 is 4.39 Å². The Morgan fingerprint density at radius 3 is 2.67 bits per heavy atom. The molecule has 2 rings (SSSR count). The third kappa shape index (κ3) is 2.69. The van der Waals surface area contributed by atoms with E-state index in [4.69, 9.17) is 28.9 Å². The number of benzene rings is 1. The second-order valence-electron chi connectivity index (χ2n) is 4.12. The van der Waals surface area contributed by atoms with Crippen LogP contribution in [0.5, 0.6) is 0 Å². The van der Waals surface area contributed by atoms with Crippen LogP contribution in [0.4, 0.5) is 4.39 Å². The van der Waals surface area contributed by atoms with E-state index in [-0.39, 0.29) is 11.1 Å². The van der Waals surface area contributed by atoms with E-state index in [1.54, 1.807) is 12.1 Å². The number of nitrogens with two attached hydrogens (primary N) is 1. The van der Waals surface area contributed by atoms with Crippen molar-refractivity contribution in [3.63, 3.8) is 0 Å². The minimum atomic E-state index is -0.421. The van der Waals surface area contributed by atoms with E-state index in [2.05, 4.69) is 0 Å². The summed E-state index contributed by atoms with van der Waals surface area (Å²) in [5.74, 6) is -0.421. The molecule has 0 aliphatic rings. The number of halogens is 3. The van der Waals surface area contributed by atoms with Crippen LogP contribution in [-0.4, -0.2) is 0 Å². The minimum Gasteiger partial charge on any atom is -0.323 e. The lowest BCUT2D eigenvalue weighted by Gasteiger charge is -2.12. The molecule has 0 amide bonds. The Labute approximate surface area is 119 Å². The lowest BCUT2D eigenvalue weighted by atomic mass is 10.0. The molecule has 1 aromatic carbocycles. The van der Waals surface area contributed by atoms with Gasteiger partial charge in [0.15, 0.2) is 0 Å². The number of hydrogen-bond acceptors (Lipinski definition) is 2. The third-order valence-electron chi connectivity index (χ3n) is 2.73. The highest BCUT2D eigenvalue weighted by atomic mass is 35.5. The van der Waals surface area contributed by atoms with Crippen LogP contribution in [-0.2, 0) is 6.42 Å². The van der Waals surface area contributed by atoms with E-state index in [1.165, 1.54) is 17.4 Å². The Balaban J connectivity index is 2.24. The van der Waals surface area contributed by atoms with Gasteiger partial charge in [-0.2, -0.15) is 0 Å². The molecule has 18 heavy (non-hydrogen) atoms. The smallest absolute Gasteiger partial charge is 0.142 e. The lowest BCUT2D eigenvalue weighted by Crippen LogP contribution is -2.12. The van der Waals surface area contributed by atoms with Crippen molar-refractivity contribution in [3.8, 4) is 0 Å². The van der Waals surface area contributed by atoms with Crippen LogP contribution in [0.15, 0.2) is 23.6 Å². The summed E-state index contributed by atoms with van der Waals surface area (Å²) in [6, 6.07) is 4.47. The van der Waals surface area contributed by atoms with Crippen molar-refractivity contribution in [2.24, 2.45) is 5.73 Å². The molecule has 2 N–H and O–H groups in total. The van der Waals surface area contributed by atoms with Gasteiger partial charge in [0.25, 0.3) is 0 Å². The molecule has 1 unspecified atom stereocenters. The van der Waals surface area contributed by atoms with Crippen molar-refractivity contribution in [2.75, 3.05) is 0 Å². The van der Waals surface area contributed by atoms with E-state index in [9.17, 15) is 4.39 Å². The zero-order valence-corrected chi connectivity index (χ0v) is 12.0. The zero-order chi connectivity index (χ0) is 13.3. The fourth-order valence-corrected chi connectivity index (χ4v) is 3.28. The molecule has 2 aromatic rings. The van der Waals surface area contributed by atoms with Gasteiger partial charge < -0.3 is 5.73 Å². The Morgan fingerprint density at radius 1 is 1.33 bits per heavy atom. The van der Waals surface area contributed by atoms with E-state index in [1.807, 2.05) is 12.3 Å². The van der Waals surface area contributed by atoms with Crippen molar-refractivity contribution in [1.29, 1.82) is 0 Å². The van der Waals surface area contributed by atoms with E-state index >= 15 is 0 Å². The average Bonchev–Trinajstić information content (AvgIpc) is 2.66. The van der Waals surface area contributed by atoms with Gasteiger partial charge in [0.05, 0.1) is 10.0 Å². The van der Waals surface area contributed by atoms with Crippen molar-refractivity contribution in [3.05, 3.63) is 55.4 Å². The van der Waals surface area contributed by atoms with Crippen LogP contribution >= 0.6 is 34.5 Å². The molecule has 0 bridgehead atoms. The van der Waals surface area contributed by atoms with E-state index < -0.39 is 5.82 Å². The van der Waals surface area contributed by atoms with Gasteiger partial charge >= 0.3 is 0 Å². The summed E-state index contributed by atoms with van der Waals surface area (Å²) in [4.78, 5) is 0.912. The minimum absolute atomic E-state index is 0.136. The van der Waals surface area contributed by atoms with Gasteiger partial charge in [-0.1, -0.05) is 35.3 Å². The van der Waals surface area contributed by atoms with E-state index in [0.717, 1.165) is 10.4 Å². The van der Waals surface area contributed by atoms with Gasteiger partial charge in [-0.15, -0.1) is 11.3 Å². The van der Waals surface area contributed by atoms with Gasteiger partial charge in [0.2, 0.25) is 0 Å². The normalized spacial score (nSPS) is 12.7. The second-order valence-corrected chi connectivity index (χ2v) is 5.79. The summed E-state index contributed by atoms with van der Waals surface area (Å²) in [6.07, 6.45) is 0.469. The van der Waals surface area contributed by atoms with Crippen LogP contribution in [0.3, 0.4) is 0 Å². The molecule has 0 saturated heterocycles. The molecule has 1 aromatic heterocycles. The Kier molecular flexibility index (Phi) is 4.28. The van der Waals surface area contributed by atoms with Crippen LogP contribution < -0.4 is 5.73 Å². The Bertz CT molecular complexity index is 568. The molecule has 5 heteroatoms. The highest BCUT2D eigenvalue weighted by Gasteiger charge is 2.16. The van der Waals surface area contributed by atoms with E-state index in [0.29, 0.717) is 17.0 Å². The summed E-state index contributed by atoms with van der Waals surface area (Å²) in [5.41, 5.74) is 7.82. The van der Waals surface area contributed by atoms with Crippen molar-refractivity contribution in [1.82, 2.24) is 0 Å². The highest BCUT2D eigenvalue weighted by Crippen LogP contribution is 2.34. The fraction of sp³-hybridized carbons (Fsp3) is 0.231. The molecular formula is C13H12Cl2FNS. The van der Waals surface area contributed by atoms with Crippen LogP contribution in [0.25, 0.3) is 0 Å². The predicted molar refractivity (Wildman–Crippen MR) is 76.1 cm³/mol. The van der Waals surface area contributed by atoms with Gasteiger partial charge in [-0.25, -0.2) is 4.39 Å². The van der Waals surface area contributed by atoms with Gasteiger partial charge in [-0.05, 0) is 35.9 Å². The maximum Gasteiger partial charge on any atom is 0.142 e. The average molecular weight is 304 g/mol. The number of thiophene rings is 1. The Hall–Kier alpha value is -0.610. The standard InChI is InChI=1S/C13H12Cl2FNS/c1-7-6-18-13(11(7)14)10(17)5-8-3-2-4-9(16)12(8)15/h2-4,6,10H,5,17H2,1H3. The molecule has 1 nitrogen and oxygen atoms in total. The largest absolute Gasteiger partial charge is 0.323 e. The molecule has 0 aliphatic carbocycles. The number of rotatable bonds is 3. The van der Waals surface area contributed by atoms with Crippen LogP contribution in [0, 0.1) is 12.7 Å². The van der Waals surface area contributed by atoms with Gasteiger partial charge in [0, 0.05) is 10.9 Å². The van der Waals surface area contributed by atoms with Crippen LogP contribution in [0.2, 0.25) is 10.0 Å². The molecule has 0 aliphatic heterocycles. The van der Waals surface area contributed by atoms with Gasteiger partial charge in [0.1, 0.15) is 5.82 Å². The Morgan fingerprint density at radius 2 is 2.06 bits per heavy atom. The van der Waals surface area contributed by atoms with Crippen molar-refractivity contribution in [2.45, 2.75) is 19.4 Å². The van der Waals surface area contributed by atoms with Crippen LogP contribution in [0.1, 0.15) is 22.0 Å². The number of hydrogen-bond donors (Lipinski definition) is 1. The highest BCUT2D eigenvalue weighted by molar-refractivity contribution is 7.10. The first kappa shape index (κ1) is 13.8. The second kappa shape index (κ2) is 5.57. The fourth-order valence-electron chi connectivity index (χ4n) is 1.74. The summed E-state index contributed by atoms with van der Waals surface area (Å²) in [7, 11) is 0. The summed E-state index contributed by atoms with van der Waals surface area (Å²) < 4.78 is 13.3. The lowest BCUT2D eigenvalue weighted by molar-refractivity contribution is 0.623. The molecule has 0 spiro atoms. The summed E-state index contributed by atoms with van der Waals surface area (Å²) >= 11 is 13.6. The third-order valence-corrected chi connectivity index (χ3v) is 5.00. The topological polar surface area (TPSA) is 26.0 Å². The zero-order valence-electron chi connectivity index (χ0n) is 9.71. The molecule has 0 saturated carbocycles. The first-order valence-corrected chi connectivity index (χ1v) is 7.06. The first-order valence-electron chi connectivity index (χ1n) is 5.42. The molecule has 1 heterocycles. The quantitative estimate of drug-likeness (QED) is 0.870.